The maximum absolute atomic E-state index is 13.2. The summed E-state index contributed by atoms with van der Waals surface area (Å²) in [6, 6.07) is 3.16. The lowest BCUT2D eigenvalue weighted by Gasteiger charge is -2.43. The van der Waals surface area contributed by atoms with Crippen molar-refractivity contribution in [1.29, 1.82) is 0 Å². The molecule has 1 aliphatic heterocycles. The normalized spacial score (nSPS) is 22.9. The molecule has 2 N–H and O–H groups in total. The van der Waals surface area contributed by atoms with E-state index in [1.165, 1.54) is 34.3 Å². The molecule has 232 valence electrons. The Kier molecular flexibility index (Phi) is 8.87. The largest absolute Gasteiger partial charge is 0.504 e. The van der Waals surface area contributed by atoms with Crippen molar-refractivity contribution in [3.05, 3.63) is 46.6 Å². The lowest BCUT2D eigenvalue weighted by molar-refractivity contribution is -0.181. The van der Waals surface area contributed by atoms with E-state index in [1.54, 1.807) is 52.8 Å². The number of rotatable bonds is 7. The van der Waals surface area contributed by atoms with Crippen LogP contribution in [0.5, 0.6) is 34.5 Å². The van der Waals surface area contributed by atoms with E-state index >= 15 is 0 Å². The van der Waals surface area contributed by atoms with E-state index in [-0.39, 0.29) is 52.2 Å². The van der Waals surface area contributed by atoms with E-state index in [0.717, 1.165) is 0 Å². The van der Waals surface area contributed by atoms with Crippen LogP contribution in [0.3, 0.4) is 0 Å². The molecule has 11 heteroatoms. The van der Waals surface area contributed by atoms with Gasteiger partial charge in [0.1, 0.15) is 11.7 Å². The third-order valence-corrected chi connectivity index (χ3v) is 8.24. The molecule has 0 saturated heterocycles. The molecule has 0 saturated carbocycles. The Labute approximate surface area is 250 Å². The number of allylic oxidation sites excluding steroid dienone is 2. The highest BCUT2D eigenvalue weighted by Crippen LogP contribution is 2.61. The van der Waals surface area contributed by atoms with E-state index in [9.17, 15) is 19.8 Å². The summed E-state index contributed by atoms with van der Waals surface area (Å²) in [5, 5.41) is 24.2. The Morgan fingerprint density at radius 3 is 2.07 bits per heavy atom. The van der Waals surface area contributed by atoms with Gasteiger partial charge in [0.2, 0.25) is 18.3 Å². The Bertz CT molecular complexity index is 1500. The summed E-state index contributed by atoms with van der Waals surface area (Å²) in [4.78, 5) is 26.5. The highest BCUT2D eigenvalue weighted by Gasteiger charge is 2.51. The maximum Gasteiger partial charge on any atom is 0.334 e. The van der Waals surface area contributed by atoms with E-state index in [2.05, 4.69) is 0 Å². The standard InChI is InChI=1S/C32H38O11/c1-10-15(3)30(34)42-25-17(5)32(6,36)29(43-31(35)16(4)11-2)19-13-20(37-7)26(38-8)24(33)22(19)23-18(25)12-21-27(28(23)39-9)41-14-40-21/h10-13,17,25,29,33,36H,14H2,1-9H3/b15-10-,16-11?/t17-,25+,29-,32+/m0/s1. The third-order valence-electron chi connectivity index (χ3n) is 8.24. The number of benzene rings is 2. The van der Waals surface area contributed by atoms with Crippen molar-refractivity contribution in [1.82, 2.24) is 0 Å². The van der Waals surface area contributed by atoms with Crippen molar-refractivity contribution in [2.75, 3.05) is 28.1 Å². The number of carbonyl (C=O) groups is 2. The van der Waals surface area contributed by atoms with Gasteiger partial charge in [0, 0.05) is 39.3 Å². The fourth-order valence-corrected chi connectivity index (χ4v) is 5.29. The molecule has 0 bridgehead atoms. The number of hydrogen-bond donors (Lipinski definition) is 2. The van der Waals surface area contributed by atoms with Crippen LogP contribution in [-0.2, 0) is 19.1 Å². The van der Waals surface area contributed by atoms with Gasteiger partial charge >= 0.3 is 11.9 Å². The number of esters is 2. The van der Waals surface area contributed by atoms with Gasteiger partial charge in [0.25, 0.3) is 0 Å². The zero-order valence-corrected chi connectivity index (χ0v) is 25.8. The first-order valence-electron chi connectivity index (χ1n) is 13.8. The SMILES string of the molecule is CC=C(C)C(=O)O[C@H]1c2cc(OC)c(OC)c(O)c2-c2c(cc3c(c2OC)OCO3)[C@H](OC(=O)/C(C)=C\C)[C@H](C)[C@@]1(C)O. The number of hydrogen-bond acceptors (Lipinski definition) is 11. The fourth-order valence-electron chi connectivity index (χ4n) is 5.29. The lowest BCUT2D eigenvalue weighted by atomic mass is 9.71. The monoisotopic (exact) mass is 598 g/mol. The fraction of sp³-hybridized carbons (Fsp3) is 0.438. The van der Waals surface area contributed by atoms with Gasteiger partial charge in [-0.25, -0.2) is 9.59 Å². The van der Waals surface area contributed by atoms with Crippen molar-refractivity contribution in [3.8, 4) is 45.6 Å². The van der Waals surface area contributed by atoms with Crippen LogP contribution < -0.4 is 23.7 Å². The summed E-state index contributed by atoms with van der Waals surface area (Å²) in [7, 11) is 4.18. The van der Waals surface area contributed by atoms with Crippen LogP contribution in [0.25, 0.3) is 11.1 Å². The van der Waals surface area contributed by atoms with Gasteiger partial charge in [-0.05, 0) is 46.8 Å². The summed E-state index contributed by atoms with van der Waals surface area (Å²) in [6.45, 7) is 9.65. The molecule has 4 atom stereocenters. The van der Waals surface area contributed by atoms with Crippen LogP contribution in [0.15, 0.2) is 35.4 Å². The number of phenols is 1. The van der Waals surface area contributed by atoms with E-state index in [0.29, 0.717) is 22.5 Å². The summed E-state index contributed by atoms with van der Waals surface area (Å²) in [5.41, 5.74) is -0.353. The number of fused-ring (bicyclic) bond motifs is 4. The Morgan fingerprint density at radius 1 is 0.907 bits per heavy atom. The van der Waals surface area contributed by atoms with Gasteiger partial charge in [-0.1, -0.05) is 19.1 Å². The molecule has 1 heterocycles. The van der Waals surface area contributed by atoms with Crippen LogP contribution in [0, 0.1) is 5.92 Å². The second kappa shape index (κ2) is 12.1. The second-order valence-corrected chi connectivity index (χ2v) is 10.6. The highest BCUT2D eigenvalue weighted by molar-refractivity contribution is 5.92. The van der Waals surface area contributed by atoms with Crippen molar-refractivity contribution in [2.45, 2.75) is 59.4 Å². The molecule has 0 radical (unpaired) electrons. The zero-order chi connectivity index (χ0) is 31.8. The number of ether oxygens (including phenoxy) is 7. The first-order chi connectivity index (χ1) is 20.4. The molecule has 0 spiro atoms. The third kappa shape index (κ3) is 5.22. The molecule has 2 aliphatic rings. The van der Waals surface area contributed by atoms with E-state index in [1.807, 2.05) is 0 Å². The molecule has 4 rings (SSSR count). The Hall–Kier alpha value is -4.38. The lowest BCUT2D eigenvalue weighted by Crippen LogP contribution is -2.46. The molecule has 0 amide bonds. The Balaban J connectivity index is 2.21. The number of aliphatic hydroxyl groups is 1. The minimum absolute atomic E-state index is 0.0202. The van der Waals surface area contributed by atoms with Gasteiger partial charge in [-0.3, -0.25) is 0 Å². The van der Waals surface area contributed by atoms with Crippen molar-refractivity contribution < 1.29 is 53.0 Å². The first kappa shape index (κ1) is 31.6. The van der Waals surface area contributed by atoms with Crippen LogP contribution in [0.1, 0.15) is 64.9 Å². The Morgan fingerprint density at radius 2 is 1.51 bits per heavy atom. The van der Waals surface area contributed by atoms with Crippen molar-refractivity contribution >= 4 is 11.9 Å². The van der Waals surface area contributed by atoms with Crippen LogP contribution in [-0.4, -0.2) is 55.9 Å². The van der Waals surface area contributed by atoms with Gasteiger partial charge in [0.05, 0.1) is 21.3 Å². The van der Waals surface area contributed by atoms with Gasteiger partial charge in [0.15, 0.2) is 29.1 Å². The van der Waals surface area contributed by atoms with Crippen molar-refractivity contribution in [2.24, 2.45) is 5.92 Å². The molecular weight excluding hydrogens is 560 g/mol. The van der Waals surface area contributed by atoms with Gasteiger partial charge in [-0.2, -0.15) is 0 Å². The molecule has 0 aromatic heterocycles. The molecule has 2 aromatic rings. The first-order valence-corrected chi connectivity index (χ1v) is 13.8. The zero-order valence-electron chi connectivity index (χ0n) is 25.8. The number of phenolic OH excluding ortho intramolecular Hbond substituents is 1. The average molecular weight is 599 g/mol. The topological polar surface area (TPSA) is 139 Å². The van der Waals surface area contributed by atoms with Crippen LogP contribution >= 0.6 is 0 Å². The minimum atomic E-state index is -1.89. The second-order valence-electron chi connectivity index (χ2n) is 10.6. The summed E-state index contributed by atoms with van der Waals surface area (Å²) in [6.07, 6.45) is 0.635. The molecule has 0 fully saturated rings. The predicted octanol–water partition coefficient (Wildman–Crippen LogP) is 5.32. The molecule has 43 heavy (non-hydrogen) atoms. The van der Waals surface area contributed by atoms with Crippen molar-refractivity contribution in [3.63, 3.8) is 0 Å². The molecule has 2 aromatic carbocycles. The maximum atomic E-state index is 13.2. The summed E-state index contributed by atoms with van der Waals surface area (Å²) < 4.78 is 40.5. The number of aromatic hydroxyl groups is 1. The van der Waals surface area contributed by atoms with E-state index in [4.69, 9.17) is 33.2 Å². The smallest absolute Gasteiger partial charge is 0.334 e. The predicted molar refractivity (Wildman–Crippen MR) is 156 cm³/mol. The molecule has 11 nitrogen and oxygen atoms in total. The van der Waals surface area contributed by atoms with Crippen LogP contribution in [0.2, 0.25) is 0 Å². The quantitative estimate of drug-likeness (QED) is 0.316. The average Bonchev–Trinajstić information content (AvgIpc) is 3.47. The number of methoxy groups -OCH3 is 3. The highest BCUT2D eigenvalue weighted by atomic mass is 16.7. The minimum Gasteiger partial charge on any atom is -0.504 e. The van der Waals surface area contributed by atoms with Crippen LogP contribution in [0.4, 0.5) is 0 Å². The summed E-state index contributed by atoms with van der Waals surface area (Å²) >= 11 is 0. The van der Waals surface area contributed by atoms with Gasteiger partial charge in [-0.15, -0.1) is 0 Å². The molecule has 0 unspecified atom stereocenters. The molecule has 1 aliphatic carbocycles. The summed E-state index contributed by atoms with van der Waals surface area (Å²) in [5.74, 6) is -1.77. The van der Waals surface area contributed by atoms with E-state index < -0.39 is 35.7 Å². The van der Waals surface area contributed by atoms with Gasteiger partial charge < -0.3 is 43.4 Å². The molecular formula is C32H38O11. The number of carbonyl (C=O) groups excluding carboxylic acids is 2.